The van der Waals surface area contributed by atoms with Crippen LogP contribution in [0.2, 0.25) is 0 Å². The molecule has 1 N–H and O–H groups in total. The number of aromatic nitrogens is 3. The summed E-state index contributed by atoms with van der Waals surface area (Å²) in [6.07, 6.45) is 0. The normalized spacial score (nSPS) is 14.3. The van der Waals surface area contributed by atoms with Crippen LogP contribution in [0.4, 0.5) is 5.82 Å². The molecule has 6 heteroatoms. The van der Waals surface area contributed by atoms with Crippen molar-refractivity contribution in [1.82, 2.24) is 15.0 Å². The van der Waals surface area contributed by atoms with Crippen LogP contribution in [0, 0.1) is 0 Å². The molecule has 0 fully saturated rings. The first-order chi connectivity index (χ1) is 9.99. The zero-order valence-electron chi connectivity index (χ0n) is 12.9. The molecule has 0 atom stereocenters. The number of hydrogen-bond donors (Lipinski definition) is 1. The van der Waals surface area contributed by atoms with E-state index in [1.165, 1.54) is 5.56 Å². The Morgan fingerprint density at radius 2 is 2.00 bits per heavy atom. The van der Waals surface area contributed by atoms with Gasteiger partial charge in [0.25, 0.3) is 0 Å². The van der Waals surface area contributed by atoms with Crippen molar-refractivity contribution < 1.29 is 0 Å². The van der Waals surface area contributed by atoms with Gasteiger partial charge < -0.3 is 5.32 Å². The number of hydrogen-bond acceptors (Lipinski definition) is 6. The lowest BCUT2D eigenvalue weighted by molar-refractivity contribution is 0.586. The molecule has 4 nitrogen and oxygen atoms in total. The molecule has 0 saturated heterocycles. The number of thiazole rings is 1. The van der Waals surface area contributed by atoms with Crippen LogP contribution >= 0.6 is 23.1 Å². The number of nitrogens with zero attached hydrogens (tertiary/aromatic N) is 3. The summed E-state index contributed by atoms with van der Waals surface area (Å²) >= 11 is 3.58. The molecule has 0 saturated carbocycles. The average Bonchev–Trinajstić information content (AvgIpc) is 3.07. The maximum absolute atomic E-state index is 4.74. The summed E-state index contributed by atoms with van der Waals surface area (Å²) in [4.78, 5) is 14.2. The van der Waals surface area contributed by atoms with Crippen molar-refractivity contribution in [2.75, 3.05) is 11.9 Å². The molecule has 1 aliphatic heterocycles. The molecule has 1 aliphatic rings. The monoisotopic (exact) mass is 320 g/mol. The Morgan fingerprint density at radius 3 is 2.67 bits per heavy atom. The Morgan fingerprint density at radius 1 is 1.19 bits per heavy atom. The van der Waals surface area contributed by atoms with Gasteiger partial charge in [0.05, 0.1) is 10.7 Å². The summed E-state index contributed by atoms with van der Waals surface area (Å²) in [7, 11) is 0. The molecule has 2 aromatic rings. The summed E-state index contributed by atoms with van der Waals surface area (Å²) in [6, 6.07) is 0. The highest BCUT2D eigenvalue weighted by molar-refractivity contribution is 7.98. The molecule has 0 spiro atoms. The maximum atomic E-state index is 4.74. The first-order valence-electron chi connectivity index (χ1n) is 7.17. The van der Waals surface area contributed by atoms with E-state index in [-0.39, 0.29) is 5.41 Å². The van der Waals surface area contributed by atoms with E-state index in [2.05, 4.69) is 38.4 Å². The van der Waals surface area contributed by atoms with E-state index in [0.29, 0.717) is 0 Å². The minimum Gasteiger partial charge on any atom is -0.370 e. The van der Waals surface area contributed by atoms with E-state index in [1.807, 2.05) is 11.8 Å². The molecule has 0 bridgehead atoms. The molecule has 0 aliphatic carbocycles. The van der Waals surface area contributed by atoms with E-state index in [1.54, 1.807) is 11.3 Å². The number of nitrogens with one attached hydrogen (secondary N) is 1. The van der Waals surface area contributed by atoms with Crippen LogP contribution < -0.4 is 5.32 Å². The lowest BCUT2D eigenvalue weighted by atomic mass is 9.98. The van der Waals surface area contributed by atoms with Gasteiger partial charge in [-0.05, 0) is 6.92 Å². The zero-order chi connectivity index (χ0) is 15.0. The Bertz CT molecular complexity index is 658. The van der Waals surface area contributed by atoms with Gasteiger partial charge in [0.2, 0.25) is 0 Å². The van der Waals surface area contributed by atoms with Crippen molar-refractivity contribution in [3.63, 3.8) is 0 Å². The number of fused-ring (bicyclic) bond motifs is 1. The Hall–Kier alpha value is -1.14. The lowest BCUT2D eigenvalue weighted by Gasteiger charge is -2.13. The summed E-state index contributed by atoms with van der Waals surface area (Å²) in [5.41, 5.74) is 3.38. The molecule has 3 rings (SSSR count). The second-order valence-electron chi connectivity index (χ2n) is 6.13. The molecule has 2 aromatic heterocycles. The first-order valence-corrected chi connectivity index (χ1v) is 9.20. The third-order valence-electron chi connectivity index (χ3n) is 3.30. The second-order valence-corrected chi connectivity index (χ2v) is 7.98. The predicted molar refractivity (Wildman–Crippen MR) is 91.0 cm³/mol. The third-order valence-corrected chi connectivity index (χ3v) is 5.54. The molecule has 0 unspecified atom stereocenters. The average molecular weight is 320 g/mol. The van der Waals surface area contributed by atoms with Crippen LogP contribution in [0.25, 0.3) is 11.5 Å². The fourth-order valence-electron chi connectivity index (χ4n) is 2.20. The van der Waals surface area contributed by atoms with Gasteiger partial charge in [0.15, 0.2) is 5.82 Å². The summed E-state index contributed by atoms with van der Waals surface area (Å²) in [5.74, 6) is 3.70. The minimum atomic E-state index is 0.0694. The van der Waals surface area contributed by atoms with Crippen LogP contribution in [0.15, 0.2) is 5.38 Å². The van der Waals surface area contributed by atoms with E-state index < -0.39 is 0 Å². The maximum Gasteiger partial charge on any atom is 0.181 e. The van der Waals surface area contributed by atoms with Crippen LogP contribution in [0.5, 0.6) is 0 Å². The van der Waals surface area contributed by atoms with Crippen LogP contribution in [-0.2, 0) is 16.9 Å². The van der Waals surface area contributed by atoms with Gasteiger partial charge in [-0.25, -0.2) is 15.0 Å². The van der Waals surface area contributed by atoms with E-state index in [0.717, 1.165) is 46.1 Å². The van der Waals surface area contributed by atoms with Crippen LogP contribution in [-0.4, -0.2) is 21.5 Å². The van der Waals surface area contributed by atoms with Crippen molar-refractivity contribution >= 4 is 28.9 Å². The zero-order valence-corrected chi connectivity index (χ0v) is 14.5. The quantitative estimate of drug-likeness (QED) is 0.923. The lowest BCUT2D eigenvalue weighted by Crippen LogP contribution is -2.10. The van der Waals surface area contributed by atoms with Gasteiger partial charge in [0, 0.05) is 34.4 Å². The van der Waals surface area contributed by atoms with Gasteiger partial charge in [-0.1, -0.05) is 20.8 Å². The summed E-state index contributed by atoms with van der Waals surface area (Å²) < 4.78 is 0. The fourth-order valence-corrected chi connectivity index (χ4v) is 4.13. The van der Waals surface area contributed by atoms with Crippen LogP contribution in [0.3, 0.4) is 0 Å². The summed E-state index contributed by atoms with van der Waals surface area (Å²) in [5, 5.41) is 6.56. The van der Waals surface area contributed by atoms with E-state index in [4.69, 9.17) is 15.0 Å². The summed E-state index contributed by atoms with van der Waals surface area (Å²) in [6.45, 7) is 9.51. The SMILES string of the molecule is CCNc1nc(-c2csc(C(C)(C)C)n2)nc2c1CSC2. The van der Waals surface area contributed by atoms with Crippen molar-refractivity contribution in [3.8, 4) is 11.5 Å². The molecular formula is C15H20N4S2. The Kier molecular flexibility index (Phi) is 3.92. The smallest absolute Gasteiger partial charge is 0.181 e. The second kappa shape index (κ2) is 5.57. The van der Waals surface area contributed by atoms with E-state index in [9.17, 15) is 0 Å². The highest BCUT2D eigenvalue weighted by Crippen LogP contribution is 2.35. The molecule has 0 radical (unpaired) electrons. The predicted octanol–water partition coefficient (Wildman–Crippen LogP) is 4.08. The topological polar surface area (TPSA) is 50.7 Å². The number of rotatable bonds is 3. The van der Waals surface area contributed by atoms with Gasteiger partial charge in [0.1, 0.15) is 11.5 Å². The Labute approximate surface area is 133 Å². The number of anilines is 1. The molecule has 0 aromatic carbocycles. The highest BCUT2D eigenvalue weighted by atomic mass is 32.2. The van der Waals surface area contributed by atoms with Gasteiger partial charge in [-0.3, -0.25) is 0 Å². The molecule has 21 heavy (non-hydrogen) atoms. The van der Waals surface area contributed by atoms with Gasteiger partial charge in [-0.15, -0.1) is 11.3 Å². The van der Waals surface area contributed by atoms with E-state index >= 15 is 0 Å². The minimum absolute atomic E-state index is 0.0694. The molecule has 112 valence electrons. The molecular weight excluding hydrogens is 300 g/mol. The largest absolute Gasteiger partial charge is 0.370 e. The number of thioether (sulfide) groups is 1. The molecule has 0 amide bonds. The third kappa shape index (κ3) is 2.92. The standard InChI is InChI=1S/C15H20N4S2/c1-5-16-12-9-6-20-7-10(9)17-13(19-12)11-8-21-14(18-11)15(2,3)4/h8H,5-7H2,1-4H3,(H,16,17,19). The first kappa shape index (κ1) is 14.8. The van der Waals surface area contributed by atoms with Gasteiger partial charge >= 0.3 is 0 Å². The van der Waals surface area contributed by atoms with Crippen molar-refractivity contribution in [2.45, 2.75) is 44.6 Å². The fraction of sp³-hybridized carbons (Fsp3) is 0.533. The van der Waals surface area contributed by atoms with Crippen molar-refractivity contribution in [2.24, 2.45) is 0 Å². The van der Waals surface area contributed by atoms with Crippen molar-refractivity contribution in [3.05, 3.63) is 21.6 Å². The van der Waals surface area contributed by atoms with Crippen molar-refractivity contribution in [1.29, 1.82) is 0 Å². The Balaban J connectivity index is 2.03. The van der Waals surface area contributed by atoms with Crippen LogP contribution in [0.1, 0.15) is 44.0 Å². The van der Waals surface area contributed by atoms with Gasteiger partial charge in [-0.2, -0.15) is 11.8 Å². The highest BCUT2D eigenvalue weighted by Gasteiger charge is 2.23. The molecule has 3 heterocycles.